The van der Waals surface area contributed by atoms with Crippen LogP contribution in [0, 0.1) is 22.9 Å². The van der Waals surface area contributed by atoms with Gasteiger partial charge in [0, 0.05) is 23.2 Å². The molecule has 0 unspecified atom stereocenters. The lowest BCUT2D eigenvalue weighted by Crippen LogP contribution is -1.92. The van der Waals surface area contributed by atoms with E-state index in [4.69, 9.17) is 4.74 Å². The van der Waals surface area contributed by atoms with Crippen LogP contribution in [0.1, 0.15) is 32.6 Å². The number of aromatic nitrogens is 1. The Morgan fingerprint density at radius 1 is 1.12 bits per heavy atom. The van der Waals surface area contributed by atoms with Crippen LogP contribution in [0.5, 0.6) is 11.5 Å². The van der Waals surface area contributed by atoms with E-state index in [0.717, 1.165) is 21.2 Å². The zero-order valence-electron chi connectivity index (χ0n) is 14.9. The maximum atomic E-state index is 13.9. The van der Waals surface area contributed by atoms with Crippen molar-refractivity contribution in [2.24, 2.45) is 0 Å². The highest BCUT2D eigenvalue weighted by Crippen LogP contribution is 2.35. The van der Waals surface area contributed by atoms with Crippen molar-refractivity contribution in [2.75, 3.05) is 0 Å². The van der Waals surface area contributed by atoms with Gasteiger partial charge in [0.2, 0.25) is 0 Å². The van der Waals surface area contributed by atoms with Crippen LogP contribution in [-0.2, 0) is 0 Å². The molecule has 0 bridgehead atoms. The van der Waals surface area contributed by atoms with Crippen molar-refractivity contribution in [1.82, 2.24) is 4.98 Å². The van der Waals surface area contributed by atoms with Gasteiger partial charge in [-0.15, -0.1) is 11.3 Å². The molecule has 5 nitrogen and oxygen atoms in total. The topological polar surface area (TPSA) is 65.3 Å². The summed E-state index contributed by atoms with van der Waals surface area (Å²) in [5.74, 6) is -0.354. The van der Waals surface area contributed by atoms with E-state index in [-0.39, 0.29) is 11.4 Å². The SMILES string of the molecule is CC.CC.Cc1cc2nccc(Oc3ccc([N+](=O)[O-])cc3F)c2s1. The van der Waals surface area contributed by atoms with Gasteiger partial charge in [0.05, 0.1) is 21.2 Å². The number of hydrogen-bond donors (Lipinski definition) is 0. The van der Waals surface area contributed by atoms with Gasteiger partial charge in [-0.2, -0.15) is 0 Å². The van der Waals surface area contributed by atoms with E-state index < -0.39 is 10.7 Å². The van der Waals surface area contributed by atoms with Crippen molar-refractivity contribution in [3.8, 4) is 11.5 Å². The van der Waals surface area contributed by atoms with Gasteiger partial charge < -0.3 is 4.74 Å². The molecule has 3 aromatic rings. The number of nitro benzene ring substituents is 1. The monoisotopic (exact) mass is 364 g/mol. The molecule has 0 N–H and O–H groups in total. The second-order valence-corrected chi connectivity index (χ2v) is 5.61. The Bertz CT molecular complexity index is 849. The maximum Gasteiger partial charge on any atom is 0.272 e. The summed E-state index contributed by atoms with van der Waals surface area (Å²) in [6.07, 6.45) is 1.58. The first kappa shape index (κ1) is 20.5. The molecule has 1 aromatic carbocycles. The third-order valence-electron chi connectivity index (χ3n) is 2.85. The van der Waals surface area contributed by atoms with Gasteiger partial charge in [-0.25, -0.2) is 4.39 Å². The molecule has 0 saturated heterocycles. The molecule has 7 heteroatoms. The number of aryl methyl sites for hydroxylation is 1. The predicted molar refractivity (Wildman–Crippen MR) is 100 cm³/mol. The van der Waals surface area contributed by atoms with Crippen LogP contribution in [0.15, 0.2) is 36.5 Å². The number of non-ortho nitro benzene ring substituents is 1. The highest BCUT2D eigenvalue weighted by atomic mass is 32.1. The normalized spacial score (nSPS) is 9.52. The number of fused-ring (bicyclic) bond motifs is 1. The summed E-state index contributed by atoms with van der Waals surface area (Å²) in [4.78, 5) is 15.2. The fraction of sp³-hybridized carbons (Fsp3) is 0.278. The van der Waals surface area contributed by atoms with Crippen molar-refractivity contribution >= 4 is 27.2 Å². The molecule has 2 heterocycles. The molecular formula is C18H21FN2O3S. The summed E-state index contributed by atoms with van der Waals surface area (Å²) in [5.41, 5.74) is 0.462. The van der Waals surface area contributed by atoms with Crippen LogP contribution in [0.2, 0.25) is 0 Å². The van der Waals surface area contributed by atoms with Gasteiger partial charge >= 0.3 is 0 Å². The van der Waals surface area contributed by atoms with Gasteiger partial charge in [-0.3, -0.25) is 15.1 Å². The lowest BCUT2D eigenvalue weighted by Gasteiger charge is -2.07. The molecule has 2 aromatic heterocycles. The number of thiophene rings is 1. The van der Waals surface area contributed by atoms with Crippen LogP contribution in [0.25, 0.3) is 10.2 Å². The molecule has 25 heavy (non-hydrogen) atoms. The van der Waals surface area contributed by atoms with E-state index in [2.05, 4.69) is 4.98 Å². The fourth-order valence-electron chi connectivity index (χ4n) is 1.92. The Hall–Kier alpha value is -2.54. The zero-order chi connectivity index (χ0) is 19.0. The number of halogens is 1. The second-order valence-electron chi connectivity index (χ2n) is 4.35. The van der Waals surface area contributed by atoms with E-state index in [1.807, 2.05) is 40.7 Å². The number of nitro groups is 1. The summed E-state index contributed by atoms with van der Waals surface area (Å²) in [6, 6.07) is 6.85. The predicted octanol–water partition coefficient (Wildman–Crippen LogP) is 6.50. The number of pyridine rings is 1. The van der Waals surface area contributed by atoms with Gasteiger partial charge in [0.1, 0.15) is 5.75 Å². The van der Waals surface area contributed by atoms with Crippen LogP contribution >= 0.6 is 11.3 Å². The minimum absolute atomic E-state index is 0.0563. The summed E-state index contributed by atoms with van der Waals surface area (Å²) in [5, 5.41) is 10.6. The molecule has 0 atom stereocenters. The average molecular weight is 364 g/mol. The summed E-state index contributed by atoms with van der Waals surface area (Å²) >= 11 is 1.49. The Morgan fingerprint density at radius 3 is 2.40 bits per heavy atom. The third kappa shape index (κ3) is 4.96. The number of nitrogens with zero attached hydrogens (tertiary/aromatic N) is 2. The van der Waals surface area contributed by atoms with Crippen LogP contribution in [0.4, 0.5) is 10.1 Å². The number of rotatable bonds is 3. The molecule has 0 aliphatic carbocycles. The number of hydrogen-bond acceptors (Lipinski definition) is 5. The molecule has 3 rings (SSSR count). The lowest BCUT2D eigenvalue weighted by atomic mass is 10.3. The molecule has 0 radical (unpaired) electrons. The Morgan fingerprint density at radius 2 is 1.80 bits per heavy atom. The van der Waals surface area contributed by atoms with Crippen molar-refractivity contribution in [3.63, 3.8) is 0 Å². The summed E-state index contributed by atoms with van der Waals surface area (Å²) in [6.45, 7) is 9.95. The molecule has 0 aliphatic heterocycles. The van der Waals surface area contributed by atoms with E-state index >= 15 is 0 Å². The van der Waals surface area contributed by atoms with Crippen LogP contribution in [-0.4, -0.2) is 9.91 Å². The Balaban J connectivity index is 0.000000730. The van der Waals surface area contributed by atoms with Crippen molar-refractivity contribution < 1.29 is 14.1 Å². The molecule has 134 valence electrons. The van der Waals surface area contributed by atoms with Gasteiger partial charge in [-0.1, -0.05) is 27.7 Å². The molecule has 0 amide bonds. The summed E-state index contributed by atoms with van der Waals surface area (Å²) < 4.78 is 20.2. The highest BCUT2D eigenvalue weighted by Gasteiger charge is 2.14. The largest absolute Gasteiger partial charge is 0.453 e. The fourth-order valence-corrected chi connectivity index (χ4v) is 2.84. The van der Waals surface area contributed by atoms with E-state index in [1.165, 1.54) is 23.5 Å². The first-order valence-electron chi connectivity index (χ1n) is 8.01. The standard InChI is InChI=1S/C14H9FN2O3S.2C2H6/c1-8-6-11-14(21-8)13(4-5-16-11)20-12-3-2-9(17(18)19)7-10(12)15;2*1-2/h2-7H,1H3;2*1-2H3. The van der Waals surface area contributed by atoms with Crippen LogP contribution in [0.3, 0.4) is 0 Å². The Labute approximate surface area is 150 Å². The van der Waals surface area contributed by atoms with Crippen molar-refractivity contribution in [3.05, 3.63) is 57.3 Å². The number of ether oxygens (including phenoxy) is 1. The zero-order valence-corrected chi connectivity index (χ0v) is 15.7. The minimum atomic E-state index is -0.776. The van der Waals surface area contributed by atoms with Crippen molar-refractivity contribution in [2.45, 2.75) is 34.6 Å². The molecular weight excluding hydrogens is 343 g/mol. The molecule has 0 spiro atoms. The minimum Gasteiger partial charge on any atom is -0.453 e. The van der Waals surface area contributed by atoms with E-state index in [1.54, 1.807) is 12.3 Å². The van der Waals surface area contributed by atoms with E-state index in [9.17, 15) is 14.5 Å². The van der Waals surface area contributed by atoms with Gasteiger partial charge in [0.15, 0.2) is 11.6 Å². The third-order valence-corrected chi connectivity index (χ3v) is 3.90. The number of benzene rings is 1. The van der Waals surface area contributed by atoms with Gasteiger partial charge in [0.25, 0.3) is 5.69 Å². The maximum absolute atomic E-state index is 13.9. The smallest absolute Gasteiger partial charge is 0.272 e. The average Bonchev–Trinajstić information content (AvgIpc) is 3.01. The quantitative estimate of drug-likeness (QED) is 0.393. The van der Waals surface area contributed by atoms with Crippen molar-refractivity contribution in [1.29, 1.82) is 0 Å². The lowest BCUT2D eigenvalue weighted by molar-refractivity contribution is -0.385. The van der Waals surface area contributed by atoms with E-state index in [0.29, 0.717) is 5.75 Å². The first-order valence-corrected chi connectivity index (χ1v) is 8.83. The molecule has 0 saturated carbocycles. The van der Waals surface area contributed by atoms with Crippen LogP contribution < -0.4 is 4.74 Å². The Kier molecular flexibility index (Phi) is 7.94. The highest BCUT2D eigenvalue weighted by molar-refractivity contribution is 7.19. The molecule has 0 fully saturated rings. The van der Waals surface area contributed by atoms with Gasteiger partial charge in [-0.05, 0) is 19.1 Å². The first-order chi connectivity index (χ1) is 12.0. The molecule has 0 aliphatic rings. The summed E-state index contributed by atoms with van der Waals surface area (Å²) in [7, 11) is 0. The second kappa shape index (κ2) is 9.68.